The van der Waals surface area contributed by atoms with Gasteiger partial charge in [0.2, 0.25) is 0 Å². The van der Waals surface area contributed by atoms with Crippen LogP contribution in [0, 0.1) is 17.2 Å². The van der Waals surface area contributed by atoms with Crippen molar-refractivity contribution in [2.75, 3.05) is 10.7 Å². The van der Waals surface area contributed by atoms with Crippen molar-refractivity contribution in [2.45, 2.75) is 26.7 Å². The van der Waals surface area contributed by atoms with Crippen LogP contribution in [0.25, 0.3) is 0 Å². The Labute approximate surface area is 134 Å². The van der Waals surface area contributed by atoms with Crippen LogP contribution in [0.15, 0.2) is 22.7 Å². The first-order valence-corrected chi connectivity index (χ1v) is 9.02. The summed E-state index contributed by atoms with van der Waals surface area (Å²) in [6.45, 7) is 4.47. The van der Waals surface area contributed by atoms with Gasteiger partial charge < -0.3 is 0 Å². The lowest BCUT2D eigenvalue weighted by Gasteiger charge is -2.32. The maximum Gasteiger partial charge on any atom is 0.137 e. The Kier molecular flexibility index (Phi) is 6.84. The van der Waals surface area contributed by atoms with Gasteiger partial charge in [-0.25, -0.2) is 4.39 Å². The van der Waals surface area contributed by atoms with E-state index in [2.05, 4.69) is 61.6 Å². The van der Waals surface area contributed by atoms with Gasteiger partial charge in [0.1, 0.15) is 5.82 Å². The van der Waals surface area contributed by atoms with Crippen molar-refractivity contribution in [3.63, 3.8) is 0 Å². The Balaban J connectivity index is 2.92. The van der Waals surface area contributed by atoms with Crippen molar-refractivity contribution in [2.24, 2.45) is 11.3 Å². The van der Waals surface area contributed by atoms with Crippen LogP contribution in [-0.4, -0.2) is 10.7 Å². The third kappa shape index (κ3) is 4.61. The molecule has 0 aliphatic carbocycles. The molecule has 0 aliphatic heterocycles. The van der Waals surface area contributed by atoms with E-state index in [-0.39, 0.29) is 11.2 Å². The summed E-state index contributed by atoms with van der Waals surface area (Å²) in [5.41, 5.74) is 1.36. The molecule has 0 atom stereocenters. The minimum atomic E-state index is -0.203. The van der Waals surface area contributed by atoms with Gasteiger partial charge in [-0.05, 0) is 57.8 Å². The Morgan fingerprint density at radius 2 is 1.83 bits per heavy atom. The molecule has 1 aromatic carbocycles. The van der Waals surface area contributed by atoms with Crippen LogP contribution < -0.4 is 0 Å². The fraction of sp³-hybridized carbons (Fsp3) is 0.571. The number of benzene rings is 1. The molecule has 0 bridgehead atoms. The molecule has 0 aromatic heterocycles. The molecule has 0 saturated carbocycles. The van der Waals surface area contributed by atoms with Gasteiger partial charge in [-0.15, -0.1) is 0 Å². The highest BCUT2D eigenvalue weighted by Gasteiger charge is 2.29. The highest BCUT2D eigenvalue weighted by Crippen LogP contribution is 2.35. The Morgan fingerprint density at radius 3 is 2.28 bits per heavy atom. The maximum atomic E-state index is 13.2. The molecular formula is C14H18Br3F. The summed E-state index contributed by atoms with van der Waals surface area (Å²) in [6.07, 6.45) is 2.08. The van der Waals surface area contributed by atoms with Crippen molar-refractivity contribution in [3.8, 4) is 0 Å². The third-order valence-electron chi connectivity index (χ3n) is 2.97. The van der Waals surface area contributed by atoms with Gasteiger partial charge in [-0.3, -0.25) is 0 Å². The Morgan fingerprint density at radius 1 is 1.22 bits per heavy atom. The highest BCUT2D eigenvalue weighted by molar-refractivity contribution is 9.10. The van der Waals surface area contributed by atoms with E-state index in [4.69, 9.17) is 0 Å². The molecule has 0 nitrogen and oxygen atoms in total. The molecule has 0 spiro atoms. The van der Waals surface area contributed by atoms with Crippen molar-refractivity contribution in [1.29, 1.82) is 0 Å². The predicted octanol–water partition coefficient (Wildman–Crippen LogP) is 5.95. The van der Waals surface area contributed by atoms with Gasteiger partial charge in [0.25, 0.3) is 0 Å². The van der Waals surface area contributed by atoms with Gasteiger partial charge in [0, 0.05) is 10.7 Å². The van der Waals surface area contributed by atoms with E-state index in [1.807, 2.05) is 12.1 Å². The molecule has 0 aliphatic rings. The lowest BCUT2D eigenvalue weighted by molar-refractivity contribution is 0.304. The monoisotopic (exact) mass is 442 g/mol. The molecule has 0 fully saturated rings. The largest absolute Gasteiger partial charge is 0.206 e. The minimum absolute atomic E-state index is 0.186. The average Bonchev–Trinajstić information content (AvgIpc) is 2.32. The zero-order valence-corrected chi connectivity index (χ0v) is 15.4. The number of hydrogen-bond donors (Lipinski definition) is 0. The molecule has 18 heavy (non-hydrogen) atoms. The van der Waals surface area contributed by atoms with Gasteiger partial charge in [0.05, 0.1) is 4.47 Å². The standard InChI is InChI=1S/C14H18Br3F/c1-10(2)6-14(8-15,9-16)7-11-3-4-13(18)12(17)5-11/h3-5,10H,6-9H2,1-2H3. The molecule has 1 aromatic rings. The normalized spacial score (nSPS) is 12.2. The van der Waals surface area contributed by atoms with Crippen LogP contribution in [0.1, 0.15) is 25.8 Å². The number of rotatable bonds is 6. The van der Waals surface area contributed by atoms with Crippen LogP contribution >= 0.6 is 47.8 Å². The van der Waals surface area contributed by atoms with Crippen LogP contribution in [0.5, 0.6) is 0 Å². The molecule has 4 heteroatoms. The summed E-state index contributed by atoms with van der Waals surface area (Å²) in [4.78, 5) is 0. The number of hydrogen-bond acceptors (Lipinski definition) is 0. The second-order valence-corrected chi connectivity index (χ2v) is 7.27. The summed E-state index contributed by atoms with van der Waals surface area (Å²) < 4.78 is 13.8. The maximum absolute atomic E-state index is 13.2. The van der Waals surface area contributed by atoms with Crippen molar-refractivity contribution < 1.29 is 4.39 Å². The van der Waals surface area contributed by atoms with Gasteiger partial charge in [0.15, 0.2) is 0 Å². The molecule has 1 rings (SSSR count). The summed E-state index contributed by atoms with van der Waals surface area (Å²) in [5.74, 6) is 0.440. The smallest absolute Gasteiger partial charge is 0.137 e. The van der Waals surface area contributed by atoms with E-state index >= 15 is 0 Å². The Bertz CT molecular complexity index is 387. The SMILES string of the molecule is CC(C)CC(CBr)(CBr)Cc1ccc(F)c(Br)c1. The lowest BCUT2D eigenvalue weighted by atomic mass is 9.79. The van der Waals surface area contributed by atoms with E-state index in [0.29, 0.717) is 10.4 Å². The minimum Gasteiger partial charge on any atom is -0.206 e. The van der Waals surface area contributed by atoms with Gasteiger partial charge >= 0.3 is 0 Å². The predicted molar refractivity (Wildman–Crippen MR) is 87.3 cm³/mol. The second-order valence-electron chi connectivity index (χ2n) is 5.29. The first kappa shape index (κ1) is 16.6. The zero-order valence-electron chi connectivity index (χ0n) is 10.6. The molecule has 0 heterocycles. The summed E-state index contributed by atoms with van der Waals surface area (Å²) in [7, 11) is 0. The quantitative estimate of drug-likeness (QED) is 0.475. The van der Waals surface area contributed by atoms with Crippen LogP contribution in [0.4, 0.5) is 4.39 Å². The van der Waals surface area contributed by atoms with Crippen molar-refractivity contribution in [1.82, 2.24) is 0 Å². The second kappa shape index (κ2) is 7.39. The Hall–Kier alpha value is 0.590. The van der Waals surface area contributed by atoms with Crippen molar-refractivity contribution in [3.05, 3.63) is 34.1 Å². The summed E-state index contributed by atoms with van der Waals surface area (Å²) >= 11 is 10.5. The third-order valence-corrected chi connectivity index (χ3v) is 5.96. The van der Waals surface area contributed by atoms with E-state index in [1.165, 1.54) is 11.6 Å². The topological polar surface area (TPSA) is 0 Å². The highest BCUT2D eigenvalue weighted by atomic mass is 79.9. The van der Waals surface area contributed by atoms with Crippen LogP contribution in [-0.2, 0) is 6.42 Å². The fourth-order valence-electron chi connectivity index (χ4n) is 2.26. The van der Waals surface area contributed by atoms with E-state index in [0.717, 1.165) is 23.5 Å². The molecule has 102 valence electrons. The van der Waals surface area contributed by atoms with Gasteiger partial charge in [-0.2, -0.15) is 0 Å². The molecule has 0 saturated heterocycles. The van der Waals surface area contributed by atoms with E-state index in [1.54, 1.807) is 0 Å². The molecule has 0 radical (unpaired) electrons. The van der Waals surface area contributed by atoms with Crippen LogP contribution in [0.2, 0.25) is 0 Å². The average molecular weight is 445 g/mol. The first-order chi connectivity index (χ1) is 8.42. The first-order valence-electron chi connectivity index (χ1n) is 5.98. The van der Waals surface area contributed by atoms with E-state index < -0.39 is 0 Å². The van der Waals surface area contributed by atoms with Gasteiger partial charge in [-0.1, -0.05) is 51.8 Å². The number of halogens is 4. The summed E-state index contributed by atoms with van der Waals surface area (Å²) in [5, 5.41) is 1.89. The fourth-order valence-corrected chi connectivity index (χ4v) is 4.47. The molecule has 0 amide bonds. The van der Waals surface area contributed by atoms with Crippen LogP contribution in [0.3, 0.4) is 0 Å². The molecule has 0 unspecified atom stereocenters. The molecular weight excluding hydrogens is 427 g/mol. The van der Waals surface area contributed by atoms with E-state index in [9.17, 15) is 4.39 Å². The molecule has 0 N–H and O–H groups in total. The van der Waals surface area contributed by atoms with Crippen molar-refractivity contribution >= 4 is 47.8 Å². The lowest BCUT2D eigenvalue weighted by Crippen LogP contribution is -2.29. The summed E-state index contributed by atoms with van der Waals surface area (Å²) in [6, 6.07) is 5.29. The number of alkyl halides is 2. The zero-order chi connectivity index (χ0) is 13.8.